The minimum absolute atomic E-state index is 0.127. The molecule has 0 radical (unpaired) electrons. The van der Waals surface area contributed by atoms with Gasteiger partial charge in [0.2, 0.25) is 11.9 Å². The Hall–Kier alpha value is -4.64. The molecule has 6 rings (SSSR count). The van der Waals surface area contributed by atoms with Gasteiger partial charge < -0.3 is 29.7 Å². The molecule has 3 aliphatic heterocycles. The van der Waals surface area contributed by atoms with Crippen molar-refractivity contribution in [2.75, 3.05) is 68.5 Å². The van der Waals surface area contributed by atoms with E-state index in [1.807, 2.05) is 47.4 Å². The van der Waals surface area contributed by atoms with Crippen molar-refractivity contribution in [2.45, 2.75) is 32.0 Å². The number of hydrogen-bond acceptors (Lipinski definition) is 8. The van der Waals surface area contributed by atoms with E-state index >= 15 is 0 Å². The molecule has 0 aliphatic carbocycles. The van der Waals surface area contributed by atoms with Crippen LogP contribution in [0, 0.1) is 0 Å². The third kappa shape index (κ3) is 6.19. The highest BCUT2D eigenvalue weighted by atomic mass is 16.5. The summed E-state index contributed by atoms with van der Waals surface area (Å²) in [5.41, 5.74) is 3.75. The van der Waals surface area contributed by atoms with Crippen LogP contribution in [0.4, 0.5) is 27.9 Å². The Kier molecular flexibility index (Phi) is 8.65. The zero-order valence-electron chi connectivity index (χ0n) is 25.5. The molecule has 3 aliphatic rings. The Morgan fingerprint density at radius 2 is 1.91 bits per heavy atom. The van der Waals surface area contributed by atoms with E-state index in [2.05, 4.69) is 39.8 Å². The van der Waals surface area contributed by atoms with Crippen molar-refractivity contribution in [3.05, 3.63) is 78.5 Å². The van der Waals surface area contributed by atoms with Crippen LogP contribution in [-0.2, 0) is 17.9 Å². The molecule has 44 heavy (non-hydrogen) atoms. The molecule has 1 atom stereocenters. The molecule has 11 heteroatoms. The molecule has 3 aromatic rings. The number of nitrogens with one attached hydrogen (secondary N) is 1. The molecule has 1 aromatic heterocycles. The summed E-state index contributed by atoms with van der Waals surface area (Å²) in [5.74, 6) is 1.51. The molecule has 0 spiro atoms. The molecular formula is C33H40N8O3. The van der Waals surface area contributed by atoms with Crippen molar-refractivity contribution >= 4 is 35.1 Å². The van der Waals surface area contributed by atoms with Crippen LogP contribution in [0.15, 0.2) is 67.4 Å². The number of piperidine rings is 1. The van der Waals surface area contributed by atoms with Crippen molar-refractivity contribution in [1.82, 2.24) is 24.7 Å². The molecule has 230 valence electrons. The number of methoxy groups -OCH3 is 1. The molecule has 2 saturated heterocycles. The lowest BCUT2D eigenvalue weighted by Gasteiger charge is -2.43. The highest BCUT2D eigenvalue weighted by Gasteiger charge is 2.39. The van der Waals surface area contributed by atoms with Crippen molar-refractivity contribution in [3.8, 4) is 5.75 Å². The van der Waals surface area contributed by atoms with E-state index < -0.39 is 0 Å². The molecule has 2 aromatic carbocycles. The van der Waals surface area contributed by atoms with Gasteiger partial charge in [-0.05, 0) is 43.7 Å². The fraction of sp³-hybridized carbons (Fsp3) is 0.394. The summed E-state index contributed by atoms with van der Waals surface area (Å²) in [6.45, 7) is 9.54. The van der Waals surface area contributed by atoms with Crippen molar-refractivity contribution in [3.63, 3.8) is 0 Å². The number of aromatic nitrogens is 2. The summed E-state index contributed by atoms with van der Waals surface area (Å²) >= 11 is 0. The number of hydrogen-bond donors (Lipinski definition) is 1. The predicted octanol–water partition coefficient (Wildman–Crippen LogP) is 4.10. The summed E-state index contributed by atoms with van der Waals surface area (Å²) in [7, 11) is 3.80. The SMILES string of the molecule is C=CC(=O)N1CCCC(N2C(=O)N(Cc3ccccc3)Cc3cnc(Nc4ccc(N5CCN(C)CC5)cc4OC)nc32)C1. The second kappa shape index (κ2) is 12.9. The molecule has 3 amide bonds. The Morgan fingerprint density at radius 3 is 2.66 bits per heavy atom. The van der Waals surface area contributed by atoms with Crippen LogP contribution in [-0.4, -0.2) is 96.1 Å². The van der Waals surface area contributed by atoms with E-state index in [0.717, 1.165) is 61.5 Å². The maximum absolute atomic E-state index is 14.1. The van der Waals surface area contributed by atoms with Crippen molar-refractivity contribution < 1.29 is 14.3 Å². The van der Waals surface area contributed by atoms with Crippen LogP contribution < -0.4 is 19.9 Å². The first-order chi connectivity index (χ1) is 21.4. The van der Waals surface area contributed by atoms with Gasteiger partial charge in [0.05, 0.1) is 25.4 Å². The number of carbonyl (C=O) groups is 2. The zero-order chi connectivity index (χ0) is 30.6. The highest BCUT2D eigenvalue weighted by Crippen LogP contribution is 2.35. The number of fused-ring (bicyclic) bond motifs is 1. The molecule has 2 fully saturated rings. The fourth-order valence-corrected chi connectivity index (χ4v) is 6.21. The minimum Gasteiger partial charge on any atom is -0.494 e. The molecule has 1 unspecified atom stereocenters. The highest BCUT2D eigenvalue weighted by molar-refractivity contribution is 5.95. The maximum atomic E-state index is 14.1. The van der Waals surface area contributed by atoms with Gasteiger partial charge in [0.25, 0.3) is 0 Å². The number of anilines is 4. The van der Waals surface area contributed by atoms with E-state index in [1.54, 1.807) is 23.1 Å². The maximum Gasteiger partial charge on any atom is 0.326 e. The lowest BCUT2D eigenvalue weighted by atomic mass is 10.0. The van der Waals surface area contributed by atoms with Gasteiger partial charge >= 0.3 is 6.03 Å². The van der Waals surface area contributed by atoms with Crippen LogP contribution in [0.1, 0.15) is 24.0 Å². The standard InChI is InChI=1S/C33H40N8O3/c1-4-30(42)39-14-8-11-27(23-39)41-31-25(22-40(33(41)43)21-24-9-6-5-7-10-24)20-34-32(36-31)35-28-13-12-26(19-29(28)44-3)38-17-15-37(2)16-18-38/h4-7,9-10,12-13,19-20,27H,1,8,11,14-18,21-23H2,2-3H3,(H,34,35,36). The summed E-state index contributed by atoms with van der Waals surface area (Å²) < 4.78 is 5.76. The predicted molar refractivity (Wildman–Crippen MR) is 171 cm³/mol. The van der Waals surface area contributed by atoms with Crippen LogP contribution >= 0.6 is 0 Å². The number of benzene rings is 2. The fourth-order valence-electron chi connectivity index (χ4n) is 6.21. The second-order valence-electron chi connectivity index (χ2n) is 11.6. The smallest absolute Gasteiger partial charge is 0.326 e. The number of ether oxygens (including phenoxy) is 1. The quantitative estimate of drug-likeness (QED) is 0.389. The lowest BCUT2D eigenvalue weighted by Crippen LogP contribution is -2.57. The van der Waals surface area contributed by atoms with Gasteiger partial charge in [-0.3, -0.25) is 9.69 Å². The Labute approximate surface area is 258 Å². The molecule has 11 nitrogen and oxygen atoms in total. The summed E-state index contributed by atoms with van der Waals surface area (Å²) in [6.07, 6.45) is 4.68. The van der Waals surface area contributed by atoms with Gasteiger partial charge in [-0.2, -0.15) is 4.98 Å². The third-order valence-electron chi connectivity index (χ3n) is 8.67. The van der Waals surface area contributed by atoms with Gasteiger partial charge in [0.1, 0.15) is 11.6 Å². The first kappa shape index (κ1) is 29.4. The van der Waals surface area contributed by atoms with Gasteiger partial charge in [-0.1, -0.05) is 36.9 Å². The van der Waals surface area contributed by atoms with E-state index in [9.17, 15) is 9.59 Å². The van der Waals surface area contributed by atoms with Gasteiger partial charge in [0, 0.05) is 69.3 Å². The molecule has 0 saturated carbocycles. The number of carbonyl (C=O) groups excluding carboxylic acids is 2. The van der Waals surface area contributed by atoms with Crippen molar-refractivity contribution in [2.24, 2.45) is 0 Å². The number of piperazine rings is 1. The number of likely N-dealkylation sites (N-methyl/N-ethyl adjacent to an activating group) is 1. The number of likely N-dealkylation sites (tertiary alicyclic amines) is 1. The van der Waals surface area contributed by atoms with Crippen LogP contribution in [0.2, 0.25) is 0 Å². The first-order valence-corrected chi connectivity index (χ1v) is 15.2. The van der Waals surface area contributed by atoms with E-state index in [4.69, 9.17) is 9.72 Å². The number of nitrogens with zero attached hydrogens (tertiary/aromatic N) is 7. The largest absolute Gasteiger partial charge is 0.494 e. The molecule has 1 N–H and O–H groups in total. The molecule has 4 heterocycles. The summed E-state index contributed by atoms with van der Waals surface area (Å²) in [4.78, 5) is 46.3. The lowest BCUT2D eigenvalue weighted by molar-refractivity contribution is -0.127. The number of amides is 3. The Morgan fingerprint density at radius 1 is 1.11 bits per heavy atom. The minimum atomic E-state index is -0.224. The first-order valence-electron chi connectivity index (χ1n) is 15.2. The molecule has 0 bridgehead atoms. The summed E-state index contributed by atoms with van der Waals surface area (Å²) in [6, 6.07) is 15.7. The van der Waals surface area contributed by atoms with E-state index in [0.29, 0.717) is 43.7 Å². The Bertz CT molecular complexity index is 1510. The second-order valence-corrected chi connectivity index (χ2v) is 11.6. The third-order valence-corrected chi connectivity index (χ3v) is 8.67. The summed E-state index contributed by atoms with van der Waals surface area (Å²) in [5, 5.41) is 3.33. The van der Waals surface area contributed by atoms with Gasteiger partial charge in [-0.25, -0.2) is 9.78 Å². The molecular weight excluding hydrogens is 556 g/mol. The van der Waals surface area contributed by atoms with Crippen LogP contribution in [0.25, 0.3) is 0 Å². The average Bonchev–Trinajstić information content (AvgIpc) is 3.06. The zero-order valence-corrected chi connectivity index (χ0v) is 25.5. The van der Waals surface area contributed by atoms with E-state index in [1.165, 1.54) is 6.08 Å². The van der Waals surface area contributed by atoms with Crippen molar-refractivity contribution in [1.29, 1.82) is 0 Å². The topological polar surface area (TPSA) is 97.4 Å². The number of rotatable bonds is 8. The average molecular weight is 597 g/mol. The monoisotopic (exact) mass is 596 g/mol. The normalized spacial score (nSPS) is 19.0. The van der Waals surface area contributed by atoms with Gasteiger partial charge in [0.15, 0.2) is 0 Å². The van der Waals surface area contributed by atoms with Crippen LogP contribution in [0.5, 0.6) is 5.75 Å². The Balaban J connectivity index is 1.29. The van der Waals surface area contributed by atoms with E-state index in [-0.39, 0.29) is 18.0 Å². The van der Waals surface area contributed by atoms with Gasteiger partial charge in [-0.15, -0.1) is 0 Å². The van der Waals surface area contributed by atoms with Crippen LogP contribution in [0.3, 0.4) is 0 Å². The number of urea groups is 1.